The zero-order valence-electron chi connectivity index (χ0n) is 18.2. The molecule has 158 valence electrons. The van der Waals surface area contributed by atoms with Crippen LogP contribution in [0.15, 0.2) is 36.7 Å². The molecule has 0 unspecified atom stereocenters. The SMILES string of the molecule is Cc1cnn(CCC(=O)NCCc2ccc(CC3CCN(C(C)C)CC3)cc2)c1. The normalized spacial score (nSPS) is 15.7. The first-order valence-corrected chi connectivity index (χ1v) is 11.1. The topological polar surface area (TPSA) is 50.2 Å². The van der Waals surface area contributed by atoms with Gasteiger partial charge < -0.3 is 10.2 Å². The van der Waals surface area contributed by atoms with Crippen molar-refractivity contribution in [1.82, 2.24) is 20.0 Å². The number of carbonyl (C=O) groups excluding carboxylic acids is 1. The van der Waals surface area contributed by atoms with Gasteiger partial charge in [0.2, 0.25) is 5.91 Å². The molecule has 1 aromatic carbocycles. The first kappa shape index (κ1) is 21.6. The smallest absolute Gasteiger partial charge is 0.221 e. The lowest BCUT2D eigenvalue weighted by Crippen LogP contribution is -2.38. The minimum Gasteiger partial charge on any atom is -0.356 e. The molecule has 3 rings (SSSR count). The number of aryl methyl sites for hydroxylation is 2. The lowest BCUT2D eigenvalue weighted by atomic mass is 9.89. The fraction of sp³-hybridized carbons (Fsp3) is 0.583. The summed E-state index contributed by atoms with van der Waals surface area (Å²) in [5, 5.41) is 7.23. The summed E-state index contributed by atoms with van der Waals surface area (Å²) in [4.78, 5) is 14.6. The molecule has 1 fully saturated rings. The molecule has 1 amide bonds. The highest BCUT2D eigenvalue weighted by molar-refractivity contribution is 5.75. The summed E-state index contributed by atoms with van der Waals surface area (Å²) in [6.45, 7) is 10.4. The number of piperidine rings is 1. The standard InChI is InChI=1S/C24H36N4O/c1-19(2)27-13-9-23(10-14-27)16-22-6-4-21(5-7-22)8-12-25-24(29)11-15-28-18-20(3)17-26-28/h4-7,17-19,23H,8-16H2,1-3H3,(H,25,29). The molecule has 5 nitrogen and oxygen atoms in total. The molecule has 29 heavy (non-hydrogen) atoms. The summed E-state index contributed by atoms with van der Waals surface area (Å²) in [7, 11) is 0. The van der Waals surface area contributed by atoms with E-state index in [1.807, 2.05) is 24.0 Å². The van der Waals surface area contributed by atoms with Gasteiger partial charge in [-0.2, -0.15) is 5.10 Å². The summed E-state index contributed by atoms with van der Waals surface area (Å²) >= 11 is 0. The third-order valence-corrected chi connectivity index (χ3v) is 5.99. The van der Waals surface area contributed by atoms with Crippen molar-refractivity contribution in [1.29, 1.82) is 0 Å². The minimum absolute atomic E-state index is 0.0857. The maximum Gasteiger partial charge on any atom is 0.221 e. The molecular formula is C24H36N4O. The number of rotatable bonds is 9. The van der Waals surface area contributed by atoms with Crippen molar-refractivity contribution in [3.05, 3.63) is 53.3 Å². The minimum atomic E-state index is 0.0857. The largest absolute Gasteiger partial charge is 0.356 e. The van der Waals surface area contributed by atoms with Crippen LogP contribution in [-0.4, -0.2) is 46.3 Å². The van der Waals surface area contributed by atoms with E-state index in [2.05, 4.69) is 53.4 Å². The Morgan fingerprint density at radius 1 is 1.17 bits per heavy atom. The lowest BCUT2D eigenvalue weighted by molar-refractivity contribution is -0.121. The zero-order valence-corrected chi connectivity index (χ0v) is 18.2. The van der Waals surface area contributed by atoms with Crippen LogP contribution in [0.5, 0.6) is 0 Å². The summed E-state index contributed by atoms with van der Waals surface area (Å²) < 4.78 is 1.82. The van der Waals surface area contributed by atoms with Crippen LogP contribution in [0.25, 0.3) is 0 Å². The van der Waals surface area contributed by atoms with E-state index in [1.54, 1.807) is 0 Å². The Morgan fingerprint density at radius 2 is 1.86 bits per heavy atom. The van der Waals surface area contributed by atoms with E-state index in [4.69, 9.17) is 0 Å². The molecule has 0 atom stereocenters. The van der Waals surface area contributed by atoms with Gasteiger partial charge in [-0.1, -0.05) is 24.3 Å². The van der Waals surface area contributed by atoms with Gasteiger partial charge in [0.25, 0.3) is 0 Å². The number of nitrogens with one attached hydrogen (secondary N) is 1. The van der Waals surface area contributed by atoms with Crippen molar-refractivity contribution < 1.29 is 4.79 Å². The molecule has 1 aromatic heterocycles. The van der Waals surface area contributed by atoms with Gasteiger partial charge in [-0.3, -0.25) is 9.48 Å². The summed E-state index contributed by atoms with van der Waals surface area (Å²) in [5.74, 6) is 0.899. The van der Waals surface area contributed by atoms with Crippen LogP contribution in [0.2, 0.25) is 0 Å². The van der Waals surface area contributed by atoms with Gasteiger partial charge in [0, 0.05) is 31.7 Å². The molecule has 1 aliphatic rings. The van der Waals surface area contributed by atoms with Crippen molar-refractivity contribution in [3.8, 4) is 0 Å². The van der Waals surface area contributed by atoms with Crippen LogP contribution < -0.4 is 5.32 Å². The molecule has 0 radical (unpaired) electrons. The van der Waals surface area contributed by atoms with Gasteiger partial charge in [0.05, 0.1) is 6.20 Å². The Hall–Kier alpha value is -2.14. The van der Waals surface area contributed by atoms with E-state index in [0.29, 0.717) is 25.6 Å². The van der Waals surface area contributed by atoms with Gasteiger partial charge in [-0.25, -0.2) is 0 Å². The second kappa shape index (κ2) is 10.6. The van der Waals surface area contributed by atoms with E-state index in [-0.39, 0.29) is 5.91 Å². The van der Waals surface area contributed by atoms with Gasteiger partial charge in [-0.05, 0) is 82.2 Å². The number of hydrogen-bond acceptors (Lipinski definition) is 3. The van der Waals surface area contributed by atoms with Crippen LogP contribution in [0.1, 0.15) is 49.8 Å². The molecule has 2 heterocycles. The highest BCUT2D eigenvalue weighted by atomic mass is 16.1. The summed E-state index contributed by atoms with van der Waals surface area (Å²) in [6.07, 6.45) is 8.93. The van der Waals surface area contributed by atoms with Crippen molar-refractivity contribution >= 4 is 5.91 Å². The van der Waals surface area contributed by atoms with Gasteiger partial charge in [-0.15, -0.1) is 0 Å². The van der Waals surface area contributed by atoms with Crippen LogP contribution in [0.4, 0.5) is 0 Å². The lowest BCUT2D eigenvalue weighted by Gasteiger charge is -2.34. The highest BCUT2D eigenvalue weighted by Gasteiger charge is 2.20. The number of benzene rings is 1. The fourth-order valence-corrected chi connectivity index (χ4v) is 4.09. The molecule has 1 saturated heterocycles. The number of nitrogens with zero attached hydrogens (tertiary/aromatic N) is 3. The number of amides is 1. The molecule has 0 saturated carbocycles. The molecule has 5 heteroatoms. The molecule has 1 N–H and O–H groups in total. The van der Waals surface area contributed by atoms with Crippen molar-refractivity contribution in [3.63, 3.8) is 0 Å². The molecule has 0 aliphatic carbocycles. The quantitative estimate of drug-likeness (QED) is 0.704. The maximum atomic E-state index is 12.0. The Balaban J connectivity index is 1.33. The van der Waals surface area contributed by atoms with Crippen molar-refractivity contribution in [2.45, 2.75) is 65.5 Å². The number of carbonyl (C=O) groups is 1. The first-order valence-electron chi connectivity index (χ1n) is 11.1. The van der Waals surface area contributed by atoms with E-state index in [1.165, 1.54) is 43.5 Å². The van der Waals surface area contributed by atoms with Gasteiger partial charge in [0.15, 0.2) is 0 Å². The van der Waals surface area contributed by atoms with Crippen molar-refractivity contribution in [2.24, 2.45) is 5.92 Å². The van der Waals surface area contributed by atoms with Gasteiger partial charge >= 0.3 is 0 Å². The summed E-state index contributed by atoms with van der Waals surface area (Å²) in [6, 6.07) is 9.65. The monoisotopic (exact) mass is 396 g/mol. The Morgan fingerprint density at radius 3 is 2.48 bits per heavy atom. The molecule has 2 aromatic rings. The predicted octanol–water partition coefficient (Wildman–Crippen LogP) is 3.60. The molecular weight excluding hydrogens is 360 g/mol. The third kappa shape index (κ3) is 7.00. The summed E-state index contributed by atoms with van der Waals surface area (Å²) in [5.41, 5.74) is 3.84. The Bertz CT molecular complexity index is 757. The van der Waals surface area contributed by atoms with E-state index >= 15 is 0 Å². The number of hydrogen-bond donors (Lipinski definition) is 1. The van der Waals surface area contributed by atoms with Crippen LogP contribution in [0, 0.1) is 12.8 Å². The second-order valence-corrected chi connectivity index (χ2v) is 8.72. The Kier molecular flexibility index (Phi) is 7.87. The van der Waals surface area contributed by atoms with Crippen molar-refractivity contribution in [2.75, 3.05) is 19.6 Å². The molecule has 0 bridgehead atoms. The predicted molar refractivity (Wildman–Crippen MR) is 118 cm³/mol. The Labute approximate surface area is 175 Å². The van der Waals surface area contributed by atoms with E-state index in [0.717, 1.165) is 17.9 Å². The molecule has 1 aliphatic heterocycles. The van der Waals surface area contributed by atoms with E-state index in [9.17, 15) is 4.79 Å². The van der Waals surface area contributed by atoms with E-state index < -0.39 is 0 Å². The van der Waals surface area contributed by atoms with Crippen LogP contribution >= 0.6 is 0 Å². The highest BCUT2D eigenvalue weighted by Crippen LogP contribution is 2.23. The van der Waals surface area contributed by atoms with Crippen LogP contribution in [0.3, 0.4) is 0 Å². The average Bonchev–Trinajstić information content (AvgIpc) is 3.13. The number of likely N-dealkylation sites (tertiary alicyclic amines) is 1. The second-order valence-electron chi connectivity index (χ2n) is 8.72. The van der Waals surface area contributed by atoms with Crippen LogP contribution in [-0.2, 0) is 24.2 Å². The third-order valence-electron chi connectivity index (χ3n) is 5.99. The molecule has 0 spiro atoms. The number of aromatic nitrogens is 2. The fourth-order valence-electron chi connectivity index (χ4n) is 4.09. The zero-order chi connectivity index (χ0) is 20.6. The van der Waals surface area contributed by atoms with Gasteiger partial charge in [0.1, 0.15) is 0 Å². The first-order chi connectivity index (χ1) is 14.0. The maximum absolute atomic E-state index is 12.0. The average molecular weight is 397 g/mol.